The fourth-order valence-electron chi connectivity index (χ4n) is 0.993. The fraction of sp³-hybridized carbons (Fsp3) is 0.800. The molecule has 0 unspecified atom stereocenters. The molecule has 0 aromatic rings. The van der Waals surface area contributed by atoms with Crippen molar-refractivity contribution < 1.29 is 33.0 Å². The molecular formula is C10H17F2NO5. The fourth-order valence-corrected chi connectivity index (χ4v) is 0.993. The Bertz CT molecular complexity index is 290. The van der Waals surface area contributed by atoms with Gasteiger partial charge in [0.25, 0.3) is 0 Å². The van der Waals surface area contributed by atoms with E-state index >= 15 is 0 Å². The molecule has 0 aromatic carbocycles. The quantitative estimate of drug-likeness (QED) is 0.765. The van der Waals surface area contributed by atoms with Crippen molar-refractivity contribution in [2.24, 2.45) is 0 Å². The summed E-state index contributed by atoms with van der Waals surface area (Å²) in [5, 5.41) is 10.8. The smallest absolute Gasteiger partial charge is 0.407 e. The lowest BCUT2D eigenvalue weighted by molar-refractivity contribution is -0.187. The lowest BCUT2D eigenvalue weighted by Crippen LogP contribution is -2.36. The monoisotopic (exact) mass is 269 g/mol. The van der Waals surface area contributed by atoms with Gasteiger partial charge in [-0.1, -0.05) is 0 Å². The molecule has 0 aliphatic heterocycles. The van der Waals surface area contributed by atoms with E-state index in [1.165, 1.54) is 0 Å². The minimum atomic E-state index is -3.17. The zero-order valence-electron chi connectivity index (χ0n) is 10.4. The van der Waals surface area contributed by atoms with E-state index in [1.54, 1.807) is 20.8 Å². The van der Waals surface area contributed by atoms with Gasteiger partial charge >= 0.3 is 18.7 Å². The number of amides is 1. The van der Waals surface area contributed by atoms with Crippen LogP contribution in [0.25, 0.3) is 0 Å². The molecule has 0 bridgehead atoms. The van der Waals surface area contributed by atoms with Gasteiger partial charge in [0, 0.05) is 13.0 Å². The molecule has 1 atom stereocenters. The van der Waals surface area contributed by atoms with E-state index in [2.05, 4.69) is 10.1 Å². The van der Waals surface area contributed by atoms with Crippen molar-refractivity contribution in [2.75, 3.05) is 6.54 Å². The number of hydrogen-bond acceptors (Lipinski definition) is 4. The molecule has 6 nitrogen and oxygen atoms in total. The Morgan fingerprint density at radius 1 is 1.33 bits per heavy atom. The molecule has 0 heterocycles. The van der Waals surface area contributed by atoms with E-state index in [4.69, 9.17) is 9.84 Å². The first-order valence-corrected chi connectivity index (χ1v) is 5.25. The van der Waals surface area contributed by atoms with Crippen LogP contribution in [0.2, 0.25) is 0 Å². The number of carbonyl (C=O) groups is 2. The molecule has 0 aromatic heterocycles. The summed E-state index contributed by atoms with van der Waals surface area (Å²) in [4.78, 5) is 21.7. The average molecular weight is 269 g/mol. The van der Waals surface area contributed by atoms with E-state index in [1.807, 2.05) is 0 Å². The summed E-state index contributed by atoms with van der Waals surface area (Å²) in [5.74, 6) is -1.51. The van der Waals surface area contributed by atoms with Crippen molar-refractivity contribution >= 4 is 12.1 Å². The molecule has 0 aliphatic rings. The van der Waals surface area contributed by atoms with Crippen molar-refractivity contribution in [1.82, 2.24) is 5.32 Å². The first kappa shape index (κ1) is 16.6. The summed E-state index contributed by atoms with van der Waals surface area (Å²) >= 11 is 0. The molecule has 0 saturated carbocycles. The Kier molecular flexibility index (Phi) is 6.53. The van der Waals surface area contributed by atoms with Gasteiger partial charge in [0.05, 0.1) is 0 Å². The van der Waals surface area contributed by atoms with Crippen LogP contribution in [0.1, 0.15) is 27.2 Å². The number of alkyl halides is 2. The van der Waals surface area contributed by atoms with Gasteiger partial charge in [0.15, 0.2) is 6.10 Å². The van der Waals surface area contributed by atoms with Gasteiger partial charge in [0.2, 0.25) is 0 Å². The highest BCUT2D eigenvalue weighted by Gasteiger charge is 2.23. The van der Waals surface area contributed by atoms with Gasteiger partial charge in [-0.25, -0.2) is 9.59 Å². The number of halogens is 2. The molecule has 0 aliphatic carbocycles. The maximum Gasteiger partial charge on any atom is 0.407 e. The van der Waals surface area contributed by atoms with Crippen LogP contribution >= 0.6 is 0 Å². The SMILES string of the molecule is CC(C)(C)OC(=O)NCC[C@H](OC(F)F)C(=O)O. The van der Waals surface area contributed by atoms with E-state index in [0.29, 0.717) is 0 Å². The number of hydrogen-bond donors (Lipinski definition) is 2. The lowest BCUT2D eigenvalue weighted by Gasteiger charge is -2.20. The average Bonchev–Trinajstić information content (AvgIpc) is 2.12. The maximum absolute atomic E-state index is 11.9. The molecule has 0 saturated heterocycles. The van der Waals surface area contributed by atoms with E-state index in [9.17, 15) is 18.4 Å². The highest BCUT2D eigenvalue weighted by Crippen LogP contribution is 2.07. The topological polar surface area (TPSA) is 84.9 Å². The number of carboxylic acids is 1. The van der Waals surface area contributed by atoms with E-state index in [-0.39, 0.29) is 13.0 Å². The zero-order valence-corrected chi connectivity index (χ0v) is 10.4. The summed E-state index contributed by atoms with van der Waals surface area (Å²) < 4.78 is 32.5. The van der Waals surface area contributed by atoms with Crippen molar-refractivity contribution in [3.63, 3.8) is 0 Å². The van der Waals surface area contributed by atoms with E-state index in [0.717, 1.165) is 0 Å². The Morgan fingerprint density at radius 2 is 1.89 bits per heavy atom. The molecular weight excluding hydrogens is 252 g/mol. The highest BCUT2D eigenvalue weighted by atomic mass is 19.3. The van der Waals surface area contributed by atoms with Crippen molar-refractivity contribution in [2.45, 2.75) is 45.5 Å². The number of carbonyl (C=O) groups excluding carboxylic acids is 1. The van der Waals surface area contributed by atoms with Gasteiger partial charge in [-0.3, -0.25) is 0 Å². The summed E-state index contributed by atoms with van der Waals surface area (Å²) in [6.45, 7) is 1.66. The van der Waals surface area contributed by atoms with Gasteiger partial charge < -0.3 is 19.9 Å². The Balaban J connectivity index is 4.00. The number of ether oxygens (including phenoxy) is 2. The first-order valence-electron chi connectivity index (χ1n) is 5.25. The largest absolute Gasteiger partial charge is 0.479 e. The molecule has 0 fully saturated rings. The Labute approximate surface area is 103 Å². The molecule has 1 amide bonds. The van der Waals surface area contributed by atoms with Crippen LogP contribution in [-0.4, -0.2) is 42.0 Å². The van der Waals surface area contributed by atoms with Crippen molar-refractivity contribution in [3.8, 4) is 0 Å². The van der Waals surface area contributed by atoms with Crippen LogP contribution in [-0.2, 0) is 14.3 Å². The second-order valence-electron chi connectivity index (χ2n) is 4.44. The van der Waals surface area contributed by atoms with Crippen LogP contribution in [0.15, 0.2) is 0 Å². The molecule has 8 heteroatoms. The first-order chi connectivity index (χ1) is 8.11. The number of nitrogens with one attached hydrogen (secondary N) is 1. The summed E-state index contributed by atoms with van der Waals surface area (Å²) in [7, 11) is 0. The normalized spacial score (nSPS) is 13.2. The minimum Gasteiger partial charge on any atom is -0.479 e. The molecule has 2 N–H and O–H groups in total. The third-order valence-electron chi connectivity index (χ3n) is 1.62. The third-order valence-corrected chi connectivity index (χ3v) is 1.62. The molecule has 0 spiro atoms. The van der Waals surface area contributed by atoms with Crippen molar-refractivity contribution in [1.29, 1.82) is 0 Å². The third kappa shape index (κ3) is 8.68. The van der Waals surface area contributed by atoms with Gasteiger partial charge in [-0.15, -0.1) is 0 Å². The predicted octanol–water partition coefficient (Wildman–Crippen LogP) is 1.59. The Morgan fingerprint density at radius 3 is 2.28 bits per heavy atom. The van der Waals surface area contributed by atoms with Gasteiger partial charge in [0.1, 0.15) is 5.60 Å². The van der Waals surface area contributed by atoms with Crippen LogP contribution < -0.4 is 5.32 Å². The van der Waals surface area contributed by atoms with Crippen LogP contribution in [0.3, 0.4) is 0 Å². The lowest BCUT2D eigenvalue weighted by atomic mass is 10.2. The standard InChI is InChI=1S/C10H17F2NO5/c1-10(2,3)18-9(16)13-5-4-6(7(14)15)17-8(11)12/h6,8H,4-5H2,1-3H3,(H,13,16)(H,14,15)/t6-/m0/s1. The number of carboxylic acid groups (broad SMARTS) is 1. The van der Waals surface area contributed by atoms with Crippen LogP contribution in [0.5, 0.6) is 0 Å². The van der Waals surface area contributed by atoms with Crippen LogP contribution in [0, 0.1) is 0 Å². The predicted molar refractivity (Wildman–Crippen MR) is 57.4 cm³/mol. The number of alkyl carbamates (subject to hydrolysis) is 1. The zero-order chi connectivity index (χ0) is 14.3. The molecule has 106 valence electrons. The van der Waals surface area contributed by atoms with E-state index < -0.39 is 30.4 Å². The maximum atomic E-state index is 11.9. The van der Waals surface area contributed by atoms with Gasteiger partial charge in [-0.05, 0) is 20.8 Å². The molecule has 18 heavy (non-hydrogen) atoms. The van der Waals surface area contributed by atoms with Crippen LogP contribution in [0.4, 0.5) is 13.6 Å². The highest BCUT2D eigenvalue weighted by molar-refractivity contribution is 5.72. The number of rotatable bonds is 6. The molecule has 0 rings (SSSR count). The molecule has 0 radical (unpaired) electrons. The summed E-state index contributed by atoms with van der Waals surface area (Å²) in [6, 6.07) is 0. The number of aliphatic carboxylic acids is 1. The van der Waals surface area contributed by atoms with Gasteiger partial charge in [-0.2, -0.15) is 8.78 Å². The minimum absolute atomic E-state index is 0.140. The second-order valence-corrected chi connectivity index (χ2v) is 4.44. The summed E-state index contributed by atoms with van der Waals surface area (Å²) in [6.07, 6.45) is -2.69. The van der Waals surface area contributed by atoms with Crippen molar-refractivity contribution in [3.05, 3.63) is 0 Å². The second kappa shape index (κ2) is 7.10. The summed E-state index contributed by atoms with van der Waals surface area (Å²) in [5.41, 5.74) is -0.685. The Hall–Kier alpha value is -1.44.